The van der Waals surface area contributed by atoms with E-state index >= 15 is 0 Å². The van der Waals surface area contributed by atoms with Crippen molar-refractivity contribution < 1.29 is 4.79 Å². The van der Waals surface area contributed by atoms with Gasteiger partial charge in [0.05, 0.1) is 17.5 Å². The largest absolute Gasteiger partial charge is 0.328 e. The molecule has 1 aliphatic rings. The van der Waals surface area contributed by atoms with E-state index in [4.69, 9.17) is 0 Å². The number of para-hydroxylation sites is 2. The summed E-state index contributed by atoms with van der Waals surface area (Å²) in [5.74, 6) is 1.49. The van der Waals surface area contributed by atoms with Gasteiger partial charge >= 0.3 is 0 Å². The van der Waals surface area contributed by atoms with Crippen molar-refractivity contribution in [3.05, 3.63) is 30.1 Å². The number of aryl methyl sites for hydroxylation is 1. The molecule has 1 heterocycles. The Hall–Kier alpha value is -1.64. The number of aromatic nitrogens is 2. The van der Waals surface area contributed by atoms with Crippen LogP contribution in [0.25, 0.3) is 11.0 Å². The van der Waals surface area contributed by atoms with Crippen LogP contribution in [0.1, 0.15) is 33.0 Å². The zero-order valence-electron chi connectivity index (χ0n) is 11.8. The normalized spacial score (nSPS) is 20.7. The first kappa shape index (κ1) is 12.4. The van der Waals surface area contributed by atoms with Gasteiger partial charge in [0.2, 0.25) is 0 Å². The lowest BCUT2D eigenvalue weighted by atomic mass is 10.1. The molecule has 0 aliphatic heterocycles. The Labute approximate surface area is 113 Å². The van der Waals surface area contributed by atoms with Gasteiger partial charge in [-0.2, -0.15) is 0 Å². The SMILES string of the molecule is CCn1c(CC(=O)C2CC2(C)C)nc2ccccc21. The van der Waals surface area contributed by atoms with Crippen molar-refractivity contribution in [1.82, 2.24) is 9.55 Å². The molecule has 1 saturated carbocycles. The van der Waals surface area contributed by atoms with E-state index in [2.05, 4.69) is 36.4 Å². The van der Waals surface area contributed by atoms with Crippen LogP contribution in [0.5, 0.6) is 0 Å². The molecular weight excluding hydrogens is 236 g/mol. The van der Waals surface area contributed by atoms with Crippen molar-refractivity contribution in [3.63, 3.8) is 0 Å². The lowest BCUT2D eigenvalue weighted by molar-refractivity contribution is -0.120. The van der Waals surface area contributed by atoms with E-state index in [1.54, 1.807) is 0 Å². The maximum Gasteiger partial charge on any atom is 0.144 e. The van der Waals surface area contributed by atoms with Crippen LogP contribution < -0.4 is 0 Å². The second-order valence-corrected chi connectivity index (χ2v) is 6.15. The highest BCUT2D eigenvalue weighted by Gasteiger charge is 2.50. The van der Waals surface area contributed by atoms with E-state index < -0.39 is 0 Å². The van der Waals surface area contributed by atoms with Crippen molar-refractivity contribution in [2.45, 2.75) is 40.2 Å². The number of carbonyl (C=O) groups excluding carboxylic acids is 1. The van der Waals surface area contributed by atoms with Crippen LogP contribution >= 0.6 is 0 Å². The predicted molar refractivity (Wildman–Crippen MR) is 76.0 cm³/mol. The maximum absolute atomic E-state index is 12.3. The van der Waals surface area contributed by atoms with Crippen LogP contribution in [-0.4, -0.2) is 15.3 Å². The van der Waals surface area contributed by atoms with Crippen LogP contribution in [-0.2, 0) is 17.8 Å². The molecule has 3 nitrogen and oxygen atoms in total. The topological polar surface area (TPSA) is 34.9 Å². The first-order valence-electron chi connectivity index (χ1n) is 7.00. The molecule has 0 N–H and O–H groups in total. The second kappa shape index (κ2) is 4.19. The maximum atomic E-state index is 12.3. The van der Waals surface area contributed by atoms with Gasteiger partial charge in [0.1, 0.15) is 11.6 Å². The average molecular weight is 256 g/mol. The highest BCUT2D eigenvalue weighted by Crippen LogP contribution is 2.52. The molecule has 0 saturated heterocycles. The molecule has 0 spiro atoms. The summed E-state index contributed by atoms with van der Waals surface area (Å²) >= 11 is 0. The first-order valence-corrected chi connectivity index (χ1v) is 7.00. The van der Waals surface area contributed by atoms with E-state index in [0.29, 0.717) is 12.2 Å². The van der Waals surface area contributed by atoms with E-state index in [9.17, 15) is 4.79 Å². The molecule has 1 atom stereocenters. The highest BCUT2D eigenvalue weighted by atomic mass is 16.1. The van der Waals surface area contributed by atoms with Crippen molar-refractivity contribution in [2.75, 3.05) is 0 Å². The van der Waals surface area contributed by atoms with Crippen molar-refractivity contribution in [2.24, 2.45) is 11.3 Å². The summed E-state index contributed by atoms with van der Waals surface area (Å²) in [4.78, 5) is 16.9. The number of Topliss-reactive ketones (excluding diaryl/α,β-unsaturated/α-hetero) is 1. The van der Waals surface area contributed by atoms with Crippen molar-refractivity contribution in [1.29, 1.82) is 0 Å². The summed E-state index contributed by atoms with van der Waals surface area (Å²) in [6.45, 7) is 7.29. The minimum atomic E-state index is 0.208. The van der Waals surface area contributed by atoms with E-state index in [-0.39, 0.29) is 11.3 Å². The molecule has 1 aromatic carbocycles. The summed E-state index contributed by atoms with van der Waals surface area (Å²) in [6.07, 6.45) is 1.49. The Bertz CT molecular complexity index is 639. The van der Waals surface area contributed by atoms with Crippen LogP contribution in [0, 0.1) is 11.3 Å². The molecule has 1 fully saturated rings. The molecule has 3 heteroatoms. The molecule has 100 valence electrons. The number of hydrogen-bond donors (Lipinski definition) is 0. The Kier molecular flexibility index (Phi) is 2.73. The van der Waals surface area contributed by atoms with Crippen molar-refractivity contribution in [3.8, 4) is 0 Å². The van der Waals surface area contributed by atoms with Gasteiger partial charge in [0.25, 0.3) is 0 Å². The third-order valence-electron chi connectivity index (χ3n) is 4.28. The Balaban J connectivity index is 1.90. The summed E-state index contributed by atoms with van der Waals surface area (Å²) < 4.78 is 2.16. The number of imidazole rings is 1. The fourth-order valence-electron chi connectivity index (χ4n) is 2.91. The lowest BCUT2D eigenvalue weighted by Gasteiger charge is -2.06. The Morgan fingerprint density at radius 1 is 1.42 bits per heavy atom. The number of rotatable bonds is 4. The number of benzene rings is 1. The minimum absolute atomic E-state index is 0.208. The number of carbonyl (C=O) groups is 1. The van der Waals surface area contributed by atoms with E-state index in [0.717, 1.165) is 29.8 Å². The summed E-state index contributed by atoms with van der Waals surface area (Å²) in [6, 6.07) is 8.09. The third kappa shape index (κ3) is 2.07. The number of fused-ring (bicyclic) bond motifs is 1. The summed E-state index contributed by atoms with van der Waals surface area (Å²) in [7, 11) is 0. The van der Waals surface area contributed by atoms with Gasteiger partial charge in [0.15, 0.2) is 0 Å². The quantitative estimate of drug-likeness (QED) is 0.842. The van der Waals surface area contributed by atoms with Gasteiger partial charge in [-0.3, -0.25) is 4.79 Å². The van der Waals surface area contributed by atoms with Crippen molar-refractivity contribution >= 4 is 16.8 Å². The molecule has 0 radical (unpaired) electrons. The molecule has 3 rings (SSSR count). The molecular formula is C16H20N2O. The van der Waals surface area contributed by atoms with Crippen LogP contribution in [0.2, 0.25) is 0 Å². The van der Waals surface area contributed by atoms with Gasteiger partial charge in [0, 0.05) is 12.5 Å². The Morgan fingerprint density at radius 2 is 2.11 bits per heavy atom. The van der Waals surface area contributed by atoms with Crippen LogP contribution in [0.15, 0.2) is 24.3 Å². The van der Waals surface area contributed by atoms with E-state index in [1.165, 1.54) is 0 Å². The fraction of sp³-hybridized carbons (Fsp3) is 0.500. The number of ketones is 1. The van der Waals surface area contributed by atoms with E-state index in [1.807, 2.05) is 18.2 Å². The van der Waals surface area contributed by atoms with Crippen LogP contribution in [0.4, 0.5) is 0 Å². The van der Waals surface area contributed by atoms with Gasteiger partial charge < -0.3 is 4.57 Å². The zero-order chi connectivity index (χ0) is 13.6. The Morgan fingerprint density at radius 3 is 2.74 bits per heavy atom. The predicted octanol–water partition coefficient (Wildman–Crippen LogP) is 3.21. The molecule has 0 amide bonds. The van der Waals surface area contributed by atoms with Gasteiger partial charge in [-0.15, -0.1) is 0 Å². The standard InChI is InChI=1S/C16H20N2O/c1-4-18-13-8-6-5-7-12(13)17-15(18)9-14(19)11-10-16(11,2)3/h5-8,11H,4,9-10H2,1-3H3. The minimum Gasteiger partial charge on any atom is -0.328 e. The first-order chi connectivity index (χ1) is 9.03. The monoisotopic (exact) mass is 256 g/mol. The molecule has 1 aromatic heterocycles. The molecule has 2 aromatic rings. The second-order valence-electron chi connectivity index (χ2n) is 6.15. The van der Waals surface area contributed by atoms with Crippen LogP contribution in [0.3, 0.4) is 0 Å². The zero-order valence-corrected chi connectivity index (χ0v) is 11.8. The molecule has 1 unspecified atom stereocenters. The molecule has 0 bridgehead atoms. The average Bonchev–Trinajstić information content (AvgIpc) is 2.88. The lowest BCUT2D eigenvalue weighted by Crippen LogP contribution is -2.13. The molecule has 19 heavy (non-hydrogen) atoms. The van der Waals surface area contributed by atoms with Gasteiger partial charge in [-0.05, 0) is 30.9 Å². The number of nitrogens with zero attached hydrogens (tertiary/aromatic N) is 2. The summed E-state index contributed by atoms with van der Waals surface area (Å²) in [5, 5.41) is 0. The third-order valence-corrected chi connectivity index (χ3v) is 4.28. The smallest absolute Gasteiger partial charge is 0.144 e. The number of hydrogen-bond acceptors (Lipinski definition) is 2. The fourth-order valence-corrected chi connectivity index (χ4v) is 2.91. The van der Waals surface area contributed by atoms with Gasteiger partial charge in [-0.1, -0.05) is 26.0 Å². The summed E-state index contributed by atoms with van der Waals surface area (Å²) in [5.41, 5.74) is 2.32. The highest BCUT2D eigenvalue weighted by molar-refractivity contribution is 5.87. The van der Waals surface area contributed by atoms with Gasteiger partial charge in [-0.25, -0.2) is 4.98 Å². The molecule has 1 aliphatic carbocycles.